The number of hydrogen-bond acceptors (Lipinski definition) is 3. The highest BCUT2D eigenvalue weighted by atomic mass is 35.5. The maximum absolute atomic E-state index is 6.07. The van der Waals surface area contributed by atoms with Crippen LogP contribution in [0.2, 0.25) is 0 Å². The topological polar surface area (TPSA) is 21.7 Å². The van der Waals surface area contributed by atoms with Crippen LogP contribution in [0.5, 0.6) is 11.5 Å². The van der Waals surface area contributed by atoms with E-state index in [1.54, 1.807) is 0 Å². The third-order valence-corrected chi connectivity index (χ3v) is 4.33. The monoisotopic (exact) mass is 391 g/mol. The second-order valence-corrected chi connectivity index (χ2v) is 6.96. The number of unbranched alkanes of at least 4 members (excludes halogenated alkanes) is 1. The lowest BCUT2D eigenvalue weighted by atomic mass is 10.0. The molecule has 0 spiro atoms. The molecular formula is C23H34ClNO2. The van der Waals surface area contributed by atoms with Gasteiger partial charge in [-0.2, -0.15) is 0 Å². The molecule has 150 valence electrons. The molecule has 2 aromatic rings. The fourth-order valence-corrected chi connectivity index (χ4v) is 2.80. The minimum atomic E-state index is 0. The highest BCUT2D eigenvalue weighted by Gasteiger charge is 2.07. The van der Waals surface area contributed by atoms with Gasteiger partial charge in [0.2, 0.25) is 0 Å². The van der Waals surface area contributed by atoms with E-state index in [0.717, 1.165) is 63.4 Å². The van der Waals surface area contributed by atoms with Gasteiger partial charge in [0.15, 0.2) is 0 Å². The first-order valence-electron chi connectivity index (χ1n) is 9.76. The SMILES string of the molecule is CCCCOc1ccc(OCCCN(C)C)c(CCc2ccccc2)c1.Cl. The van der Waals surface area contributed by atoms with Gasteiger partial charge in [0.05, 0.1) is 13.2 Å². The van der Waals surface area contributed by atoms with Gasteiger partial charge in [0.25, 0.3) is 0 Å². The number of rotatable bonds is 12. The smallest absolute Gasteiger partial charge is 0.122 e. The van der Waals surface area contributed by atoms with Crippen molar-refractivity contribution in [1.82, 2.24) is 4.90 Å². The first-order valence-corrected chi connectivity index (χ1v) is 9.76. The Kier molecular flexibility index (Phi) is 11.6. The van der Waals surface area contributed by atoms with E-state index >= 15 is 0 Å². The zero-order valence-corrected chi connectivity index (χ0v) is 17.8. The standard InChI is InChI=1S/C23H33NO2.ClH/c1-4-5-17-25-22-14-15-23(26-18-9-16-24(2)3)21(19-22)13-12-20-10-7-6-8-11-20;/h6-8,10-11,14-15,19H,4-5,9,12-13,16-18H2,1-3H3;1H. The van der Waals surface area contributed by atoms with Gasteiger partial charge in [-0.25, -0.2) is 0 Å². The molecule has 4 heteroatoms. The Morgan fingerprint density at radius 1 is 0.852 bits per heavy atom. The molecule has 2 aromatic carbocycles. The summed E-state index contributed by atoms with van der Waals surface area (Å²) in [5.74, 6) is 1.93. The molecule has 2 rings (SSSR count). The van der Waals surface area contributed by atoms with Gasteiger partial charge in [-0.05, 0) is 69.1 Å². The third kappa shape index (κ3) is 9.16. The molecule has 0 amide bonds. The highest BCUT2D eigenvalue weighted by molar-refractivity contribution is 5.85. The number of ether oxygens (including phenoxy) is 2. The van der Waals surface area contributed by atoms with Crippen LogP contribution < -0.4 is 9.47 Å². The summed E-state index contributed by atoms with van der Waals surface area (Å²) >= 11 is 0. The maximum Gasteiger partial charge on any atom is 0.122 e. The fraction of sp³-hybridized carbons (Fsp3) is 0.478. The molecule has 0 saturated heterocycles. The average molecular weight is 392 g/mol. The summed E-state index contributed by atoms with van der Waals surface area (Å²) in [6.07, 6.45) is 5.22. The van der Waals surface area contributed by atoms with Crippen LogP contribution >= 0.6 is 12.4 Å². The summed E-state index contributed by atoms with van der Waals surface area (Å²) in [4.78, 5) is 2.18. The van der Waals surface area contributed by atoms with Crippen molar-refractivity contribution in [3.8, 4) is 11.5 Å². The van der Waals surface area contributed by atoms with Crippen LogP contribution in [0.3, 0.4) is 0 Å². The number of benzene rings is 2. The zero-order valence-electron chi connectivity index (χ0n) is 16.9. The van der Waals surface area contributed by atoms with Crippen LogP contribution in [0.1, 0.15) is 37.3 Å². The van der Waals surface area contributed by atoms with Gasteiger partial charge in [0, 0.05) is 6.54 Å². The van der Waals surface area contributed by atoms with E-state index < -0.39 is 0 Å². The average Bonchev–Trinajstić information content (AvgIpc) is 2.65. The molecular weight excluding hydrogens is 358 g/mol. The van der Waals surface area contributed by atoms with Crippen LogP contribution in [-0.4, -0.2) is 38.8 Å². The van der Waals surface area contributed by atoms with Crippen molar-refractivity contribution in [2.45, 2.75) is 39.0 Å². The lowest BCUT2D eigenvalue weighted by Crippen LogP contribution is -2.15. The first-order chi connectivity index (χ1) is 12.7. The summed E-state index contributed by atoms with van der Waals surface area (Å²) < 4.78 is 12.0. The van der Waals surface area contributed by atoms with Crippen LogP contribution in [0.25, 0.3) is 0 Å². The van der Waals surface area contributed by atoms with Crippen molar-refractivity contribution >= 4 is 12.4 Å². The Hall–Kier alpha value is -1.71. The van der Waals surface area contributed by atoms with Crippen molar-refractivity contribution in [2.24, 2.45) is 0 Å². The zero-order chi connectivity index (χ0) is 18.6. The van der Waals surface area contributed by atoms with Crippen molar-refractivity contribution < 1.29 is 9.47 Å². The number of nitrogens with zero attached hydrogens (tertiary/aromatic N) is 1. The van der Waals surface area contributed by atoms with E-state index in [2.05, 4.69) is 68.4 Å². The summed E-state index contributed by atoms with van der Waals surface area (Å²) in [7, 11) is 4.18. The van der Waals surface area contributed by atoms with Crippen molar-refractivity contribution in [2.75, 3.05) is 33.9 Å². The molecule has 0 aliphatic rings. The van der Waals surface area contributed by atoms with Gasteiger partial charge in [0.1, 0.15) is 11.5 Å². The van der Waals surface area contributed by atoms with Gasteiger partial charge >= 0.3 is 0 Å². The largest absolute Gasteiger partial charge is 0.494 e. The number of aryl methyl sites for hydroxylation is 2. The van der Waals surface area contributed by atoms with E-state index in [1.807, 2.05) is 6.07 Å². The molecule has 0 unspecified atom stereocenters. The molecule has 0 aliphatic heterocycles. The molecule has 27 heavy (non-hydrogen) atoms. The summed E-state index contributed by atoms with van der Waals surface area (Å²) in [6.45, 7) is 4.74. The maximum atomic E-state index is 6.07. The molecule has 3 nitrogen and oxygen atoms in total. The minimum absolute atomic E-state index is 0. The number of hydrogen-bond donors (Lipinski definition) is 0. The molecule has 0 aromatic heterocycles. The summed E-state index contributed by atoms with van der Waals surface area (Å²) in [5, 5.41) is 0. The van der Waals surface area contributed by atoms with E-state index in [-0.39, 0.29) is 12.4 Å². The third-order valence-electron chi connectivity index (χ3n) is 4.33. The molecule has 0 heterocycles. The first kappa shape index (κ1) is 23.3. The Balaban J connectivity index is 0.00000364. The quantitative estimate of drug-likeness (QED) is 0.452. The molecule has 0 radical (unpaired) electrons. The molecule has 0 atom stereocenters. The normalized spacial score (nSPS) is 10.5. The Morgan fingerprint density at radius 2 is 1.59 bits per heavy atom. The molecule has 0 saturated carbocycles. The second kappa shape index (κ2) is 13.5. The Labute approximate surface area is 171 Å². The van der Waals surface area contributed by atoms with Crippen LogP contribution in [-0.2, 0) is 12.8 Å². The predicted octanol–water partition coefficient (Wildman–Crippen LogP) is 5.40. The van der Waals surface area contributed by atoms with Gasteiger partial charge in [-0.1, -0.05) is 43.7 Å². The van der Waals surface area contributed by atoms with E-state index in [0.29, 0.717) is 0 Å². The summed E-state index contributed by atoms with van der Waals surface area (Å²) in [6, 6.07) is 16.9. The summed E-state index contributed by atoms with van der Waals surface area (Å²) in [5.41, 5.74) is 2.58. The Morgan fingerprint density at radius 3 is 2.30 bits per heavy atom. The highest BCUT2D eigenvalue weighted by Crippen LogP contribution is 2.26. The lowest BCUT2D eigenvalue weighted by Gasteiger charge is -2.15. The van der Waals surface area contributed by atoms with E-state index in [1.165, 1.54) is 11.1 Å². The lowest BCUT2D eigenvalue weighted by molar-refractivity contribution is 0.277. The second-order valence-electron chi connectivity index (χ2n) is 6.96. The van der Waals surface area contributed by atoms with E-state index in [9.17, 15) is 0 Å². The van der Waals surface area contributed by atoms with Crippen LogP contribution in [0, 0.1) is 0 Å². The molecule has 0 bridgehead atoms. The van der Waals surface area contributed by atoms with Gasteiger partial charge in [-0.3, -0.25) is 0 Å². The Bertz CT molecular complexity index is 632. The molecule has 0 aliphatic carbocycles. The van der Waals surface area contributed by atoms with Crippen LogP contribution in [0.15, 0.2) is 48.5 Å². The number of halogens is 1. The van der Waals surface area contributed by atoms with Crippen LogP contribution in [0.4, 0.5) is 0 Å². The predicted molar refractivity (Wildman–Crippen MR) is 117 cm³/mol. The minimum Gasteiger partial charge on any atom is -0.494 e. The van der Waals surface area contributed by atoms with Crippen molar-refractivity contribution in [3.05, 3.63) is 59.7 Å². The van der Waals surface area contributed by atoms with E-state index in [4.69, 9.17) is 9.47 Å². The van der Waals surface area contributed by atoms with Gasteiger partial charge in [-0.15, -0.1) is 12.4 Å². The van der Waals surface area contributed by atoms with Crippen molar-refractivity contribution in [3.63, 3.8) is 0 Å². The molecule has 0 N–H and O–H groups in total. The fourth-order valence-electron chi connectivity index (χ4n) is 2.80. The van der Waals surface area contributed by atoms with Crippen molar-refractivity contribution in [1.29, 1.82) is 0 Å². The molecule has 0 fully saturated rings. The van der Waals surface area contributed by atoms with Gasteiger partial charge < -0.3 is 14.4 Å².